The molecule has 30 heavy (non-hydrogen) atoms. The monoisotopic (exact) mass is 477 g/mol. The number of methoxy groups -OCH3 is 2. The molecule has 0 radical (unpaired) electrons. The molecule has 1 aromatic rings. The Bertz CT molecular complexity index is 918. The van der Waals surface area contributed by atoms with Crippen LogP contribution in [0.2, 0.25) is 0 Å². The minimum absolute atomic E-state index is 0.0572. The van der Waals surface area contributed by atoms with Crippen molar-refractivity contribution in [2.75, 3.05) is 20.8 Å². The van der Waals surface area contributed by atoms with Crippen LogP contribution in [0.25, 0.3) is 0 Å². The third-order valence-corrected chi connectivity index (χ3v) is 6.23. The van der Waals surface area contributed by atoms with E-state index in [1.165, 1.54) is 0 Å². The SMILES string of the molecule is CCCCOC(=O)C1=C(C)NC2=C(C(=O)CCC2)[C@H]1c1cc(OC)c(OC)cc1Br. The first-order chi connectivity index (χ1) is 14.4. The molecule has 1 N–H and O–H groups in total. The van der Waals surface area contributed by atoms with Gasteiger partial charge in [0.25, 0.3) is 0 Å². The Hall–Kier alpha value is -2.28. The zero-order valence-electron chi connectivity index (χ0n) is 17.9. The first-order valence-electron chi connectivity index (χ1n) is 10.2. The molecular formula is C23H28BrNO5. The molecule has 0 aromatic heterocycles. The maximum absolute atomic E-state index is 13.1. The Labute approximate surface area is 185 Å². The van der Waals surface area contributed by atoms with Crippen molar-refractivity contribution in [2.45, 2.75) is 51.9 Å². The number of rotatable bonds is 7. The number of nitrogens with one attached hydrogen (secondary N) is 1. The largest absolute Gasteiger partial charge is 0.493 e. The number of ketones is 1. The van der Waals surface area contributed by atoms with Crippen molar-refractivity contribution in [3.63, 3.8) is 0 Å². The average molecular weight is 478 g/mol. The second kappa shape index (κ2) is 9.69. The number of carbonyl (C=O) groups is 2. The van der Waals surface area contributed by atoms with Crippen LogP contribution >= 0.6 is 15.9 Å². The quantitative estimate of drug-likeness (QED) is 0.449. The van der Waals surface area contributed by atoms with Gasteiger partial charge in [0.2, 0.25) is 0 Å². The van der Waals surface area contributed by atoms with E-state index < -0.39 is 11.9 Å². The normalized spacial score (nSPS) is 18.7. The number of esters is 1. The molecule has 1 atom stereocenters. The molecular weight excluding hydrogens is 450 g/mol. The highest BCUT2D eigenvalue weighted by atomic mass is 79.9. The molecule has 1 aliphatic carbocycles. The zero-order valence-corrected chi connectivity index (χ0v) is 19.5. The fourth-order valence-corrected chi connectivity index (χ4v) is 4.59. The van der Waals surface area contributed by atoms with Gasteiger partial charge in [0.1, 0.15) is 0 Å². The molecule has 0 amide bonds. The van der Waals surface area contributed by atoms with Crippen molar-refractivity contribution in [1.29, 1.82) is 0 Å². The highest BCUT2D eigenvalue weighted by Gasteiger charge is 2.40. The summed E-state index contributed by atoms with van der Waals surface area (Å²) in [7, 11) is 3.13. The molecule has 1 aromatic carbocycles. The lowest BCUT2D eigenvalue weighted by molar-refractivity contribution is -0.139. The molecule has 0 spiro atoms. The Morgan fingerprint density at radius 3 is 2.57 bits per heavy atom. The Kier molecular flexibility index (Phi) is 7.23. The van der Waals surface area contributed by atoms with Gasteiger partial charge in [-0.05, 0) is 43.9 Å². The van der Waals surface area contributed by atoms with Crippen molar-refractivity contribution < 1.29 is 23.8 Å². The van der Waals surface area contributed by atoms with E-state index in [2.05, 4.69) is 21.2 Å². The van der Waals surface area contributed by atoms with Gasteiger partial charge in [-0.25, -0.2) is 4.79 Å². The van der Waals surface area contributed by atoms with E-state index in [9.17, 15) is 9.59 Å². The van der Waals surface area contributed by atoms with Crippen LogP contribution in [0, 0.1) is 0 Å². The summed E-state index contributed by atoms with van der Waals surface area (Å²) < 4.78 is 17.2. The molecule has 2 aliphatic rings. The lowest BCUT2D eigenvalue weighted by Gasteiger charge is -2.34. The number of dihydropyridines is 1. The molecule has 0 fully saturated rings. The van der Waals surface area contributed by atoms with Crippen molar-refractivity contribution in [2.24, 2.45) is 0 Å². The minimum Gasteiger partial charge on any atom is -0.493 e. The van der Waals surface area contributed by atoms with Crippen LogP contribution in [0.5, 0.6) is 11.5 Å². The molecule has 0 saturated carbocycles. The van der Waals surface area contributed by atoms with Gasteiger partial charge in [-0.15, -0.1) is 0 Å². The topological polar surface area (TPSA) is 73.9 Å². The van der Waals surface area contributed by atoms with E-state index in [0.29, 0.717) is 35.7 Å². The first-order valence-corrected chi connectivity index (χ1v) is 11.0. The number of hydrogen-bond acceptors (Lipinski definition) is 6. The minimum atomic E-state index is -0.530. The lowest BCUT2D eigenvalue weighted by Crippen LogP contribution is -2.34. The third kappa shape index (κ3) is 4.26. The van der Waals surface area contributed by atoms with Gasteiger partial charge in [-0.3, -0.25) is 4.79 Å². The first kappa shape index (κ1) is 22.4. The van der Waals surface area contributed by atoms with Crippen LogP contribution in [0.3, 0.4) is 0 Å². The molecule has 6 nitrogen and oxygen atoms in total. The maximum atomic E-state index is 13.1. The van der Waals surface area contributed by atoms with Crippen LogP contribution in [0.1, 0.15) is 57.4 Å². The molecule has 162 valence electrons. The van der Waals surface area contributed by atoms with Crippen LogP contribution in [-0.4, -0.2) is 32.6 Å². The van der Waals surface area contributed by atoms with Gasteiger partial charge in [0.15, 0.2) is 17.3 Å². The summed E-state index contributed by atoms with van der Waals surface area (Å²) in [5, 5.41) is 3.31. The van der Waals surface area contributed by atoms with E-state index in [1.54, 1.807) is 20.3 Å². The number of Topliss-reactive ketones (excluding diaryl/α,β-unsaturated/α-hetero) is 1. The molecule has 7 heteroatoms. The second-order valence-electron chi connectivity index (χ2n) is 7.48. The van der Waals surface area contributed by atoms with Gasteiger partial charge in [0.05, 0.1) is 26.4 Å². The van der Waals surface area contributed by atoms with Gasteiger partial charge in [-0.2, -0.15) is 0 Å². The predicted octanol–water partition coefficient (Wildman–Crippen LogP) is 4.78. The van der Waals surface area contributed by atoms with Gasteiger partial charge >= 0.3 is 5.97 Å². The summed E-state index contributed by atoms with van der Waals surface area (Å²) in [5.41, 5.74) is 3.49. The third-order valence-electron chi connectivity index (χ3n) is 5.54. The number of hydrogen-bond donors (Lipinski definition) is 1. The summed E-state index contributed by atoms with van der Waals surface area (Å²) in [6.45, 7) is 4.26. The highest BCUT2D eigenvalue weighted by molar-refractivity contribution is 9.10. The molecule has 0 bridgehead atoms. The average Bonchev–Trinajstić information content (AvgIpc) is 2.72. The fraction of sp³-hybridized carbons (Fsp3) is 0.478. The smallest absolute Gasteiger partial charge is 0.336 e. The number of halogens is 1. The summed E-state index contributed by atoms with van der Waals surface area (Å²) in [6, 6.07) is 3.64. The highest BCUT2D eigenvalue weighted by Crippen LogP contribution is 2.47. The van der Waals surface area contributed by atoms with Crippen molar-refractivity contribution >= 4 is 27.7 Å². The number of allylic oxidation sites excluding steroid dienone is 3. The van der Waals surface area contributed by atoms with E-state index in [1.807, 2.05) is 19.9 Å². The van der Waals surface area contributed by atoms with Gasteiger partial charge in [-0.1, -0.05) is 29.3 Å². The summed E-state index contributed by atoms with van der Waals surface area (Å²) in [4.78, 5) is 26.1. The van der Waals surface area contributed by atoms with Gasteiger partial charge < -0.3 is 19.5 Å². The number of benzene rings is 1. The Morgan fingerprint density at radius 2 is 1.90 bits per heavy atom. The second-order valence-corrected chi connectivity index (χ2v) is 8.34. The maximum Gasteiger partial charge on any atom is 0.336 e. The van der Waals surface area contributed by atoms with Crippen LogP contribution in [0.4, 0.5) is 0 Å². The van der Waals surface area contributed by atoms with Crippen molar-refractivity contribution in [3.8, 4) is 11.5 Å². The fourth-order valence-electron chi connectivity index (χ4n) is 4.04. The predicted molar refractivity (Wildman–Crippen MR) is 118 cm³/mol. The number of ether oxygens (including phenoxy) is 3. The van der Waals surface area contributed by atoms with Crippen LogP contribution in [-0.2, 0) is 14.3 Å². The Balaban J connectivity index is 2.16. The van der Waals surface area contributed by atoms with Crippen molar-refractivity contribution in [3.05, 3.63) is 44.7 Å². The lowest BCUT2D eigenvalue weighted by atomic mass is 9.75. The van der Waals surface area contributed by atoms with E-state index in [-0.39, 0.29) is 5.78 Å². The molecule has 1 heterocycles. The molecule has 3 rings (SSSR count). The summed E-state index contributed by atoms with van der Waals surface area (Å²) >= 11 is 3.62. The summed E-state index contributed by atoms with van der Waals surface area (Å²) in [5.74, 6) is 0.235. The van der Waals surface area contributed by atoms with E-state index >= 15 is 0 Å². The van der Waals surface area contributed by atoms with Crippen LogP contribution in [0.15, 0.2) is 39.1 Å². The van der Waals surface area contributed by atoms with E-state index in [4.69, 9.17) is 14.2 Å². The zero-order chi connectivity index (χ0) is 21.8. The van der Waals surface area contributed by atoms with Gasteiger partial charge in [0, 0.05) is 33.8 Å². The molecule has 0 unspecified atom stereocenters. The summed E-state index contributed by atoms with van der Waals surface area (Å²) in [6.07, 6.45) is 3.77. The van der Waals surface area contributed by atoms with E-state index in [0.717, 1.165) is 47.1 Å². The number of unbranched alkanes of at least 4 members (excludes halogenated alkanes) is 1. The van der Waals surface area contributed by atoms with Crippen molar-refractivity contribution in [1.82, 2.24) is 5.32 Å². The molecule has 0 saturated heterocycles. The Morgan fingerprint density at radius 1 is 1.20 bits per heavy atom. The molecule has 1 aliphatic heterocycles. The van der Waals surface area contributed by atoms with Crippen LogP contribution < -0.4 is 14.8 Å². The number of carbonyl (C=O) groups excluding carboxylic acids is 2. The standard InChI is InChI=1S/C23H28BrNO5/c1-5-6-10-30-23(27)20-13(2)25-16-8-7-9-17(26)22(16)21(20)14-11-18(28-3)19(29-4)12-15(14)24/h11-12,21,25H,5-10H2,1-4H3/t21-/m0/s1.